The van der Waals surface area contributed by atoms with Gasteiger partial charge in [0.05, 0.1) is 30.4 Å². The van der Waals surface area contributed by atoms with Crippen molar-refractivity contribution in [3.63, 3.8) is 0 Å². The first-order valence-electron chi connectivity index (χ1n) is 11.6. The maximum Gasteiger partial charge on any atom is 0.335 e. The molecule has 1 aliphatic rings. The van der Waals surface area contributed by atoms with Crippen molar-refractivity contribution in [3.8, 4) is 0 Å². The van der Waals surface area contributed by atoms with E-state index >= 15 is 0 Å². The van der Waals surface area contributed by atoms with E-state index in [-0.39, 0.29) is 46.7 Å². The van der Waals surface area contributed by atoms with Crippen LogP contribution in [-0.4, -0.2) is 56.5 Å². The molecule has 7 nitrogen and oxygen atoms in total. The van der Waals surface area contributed by atoms with Crippen LogP contribution in [0.1, 0.15) is 65.3 Å². The van der Waals surface area contributed by atoms with Gasteiger partial charge >= 0.3 is 5.97 Å². The fourth-order valence-electron chi connectivity index (χ4n) is 3.94. The molecule has 0 aromatic heterocycles. The molecule has 3 atom stereocenters. The summed E-state index contributed by atoms with van der Waals surface area (Å²) in [7, 11) is -1.30. The molecule has 9 heteroatoms. The van der Waals surface area contributed by atoms with Gasteiger partial charge in [-0.2, -0.15) is 0 Å². The van der Waals surface area contributed by atoms with E-state index < -0.39 is 16.8 Å². The summed E-state index contributed by atoms with van der Waals surface area (Å²) in [5, 5.41) is 8.60. The lowest BCUT2D eigenvalue weighted by Crippen LogP contribution is -2.59. The van der Waals surface area contributed by atoms with Gasteiger partial charge in [0.2, 0.25) is 5.91 Å². The predicted octanol–water partition coefficient (Wildman–Crippen LogP) is 4.18. The van der Waals surface area contributed by atoms with Crippen LogP contribution in [0.2, 0.25) is 0 Å². The van der Waals surface area contributed by atoms with Gasteiger partial charge in [-0.25, -0.2) is 9.18 Å². The Bertz CT molecular complexity index is 1060. The minimum absolute atomic E-state index is 0.00675. The van der Waals surface area contributed by atoms with Crippen LogP contribution < -0.4 is 0 Å². The van der Waals surface area contributed by atoms with Crippen molar-refractivity contribution >= 4 is 28.5 Å². The maximum absolute atomic E-state index is 12.9. The molecule has 0 saturated carbocycles. The van der Waals surface area contributed by atoms with Gasteiger partial charge in [0.1, 0.15) is 11.2 Å². The van der Waals surface area contributed by atoms with Crippen molar-refractivity contribution in [2.45, 2.75) is 56.2 Å². The van der Waals surface area contributed by atoms with E-state index in [2.05, 4.69) is 0 Å². The Morgan fingerprint density at radius 3 is 2.37 bits per heavy atom. The number of ketones is 1. The minimum Gasteiger partial charge on any atom is -0.478 e. The van der Waals surface area contributed by atoms with Gasteiger partial charge in [0, 0.05) is 29.4 Å². The standard InChI is InChI=1S/C26H30FNO6S/c1-18(16-34-14-4-2-3-5-23(29)20-10-12-22(27)13-11-20)28-24(30)15-25(28)35(33)17-19-6-8-21(9-7-19)26(31)32/h6-13,18,25H,2-5,14-17H2,1H3,(H,31,32). The molecular weight excluding hydrogens is 473 g/mol. The second kappa shape index (κ2) is 12.7. The van der Waals surface area contributed by atoms with Crippen LogP contribution in [-0.2, 0) is 26.1 Å². The van der Waals surface area contributed by atoms with Crippen molar-refractivity contribution < 1.29 is 32.8 Å². The average Bonchev–Trinajstić information content (AvgIpc) is 2.82. The number of benzene rings is 2. The van der Waals surface area contributed by atoms with E-state index in [0.717, 1.165) is 18.4 Å². The predicted molar refractivity (Wildman–Crippen MR) is 130 cm³/mol. The quantitative estimate of drug-likeness (QED) is 0.236. The first kappa shape index (κ1) is 26.7. The Kier molecular flexibility index (Phi) is 9.68. The summed E-state index contributed by atoms with van der Waals surface area (Å²) in [6, 6.07) is 11.6. The number of ether oxygens (including phenoxy) is 1. The number of carbonyl (C=O) groups excluding carboxylic acids is 2. The minimum atomic E-state index is -1.30. The zero-order valence-corrected chi connectivity index (χ0v) is 20.5. The zero-order chi connectivity index (χ0) is 25.4. The summed E-state index contributed by atoms with van der Waals surface area (Å²) in [6.45, 7) is 2.70. The molecule has 1 heterocycles. The molecule has 1 N–H and O–H groups in total. The molecule has 3 rings (SSSR count). The topological polar surface area (TPSA) is 101 Å². The van der Waals surface area contributed by atoms with Crippen molar-refractivity contribution in [2.24, 2.45) is 0 Å². The molecule has 0 bridgehead atoms. The molecule has 2 aromatic carbocycles. The lowest BCUT2D eigenvalue weighted by Gasteiger charge is -2.43. The van der Waals surface area contributed by atoms with Crippen molar-refractivity contribution in [2.75, 3.05) is 13.2 Å². The third kappa shape index (κ3) is 7.53. The van der Waals surface area contributed by atoms with Crippen LogP contribution in [0, 0.1) is 5.82 Å². The highest BCUT2D eigenvalue weighted by molar-refractivity contribution is 7.85. The Morgan fingerprint density at radius 1 is 1.09 bits per heavy atom. The van der Waals surface area contributed by atoms with Gasteiger partial charge in [-0.3, -0.25) is 13.8 Å². The molecule has 0 aliphatic carbocycles. The fraction of sp³-hybridized carbons (Fsp3) is 0.423. The van der Waals surface area contributed by atoms with Gasteiger partial charge in [0.15, 0.2) is 5.78 Å². The molecule has 188 valence electrons. The van der Waals surface area contributed by atoms with E-state index in [4.69, 9.17) is 9.84 Å². The normalized spacial score (nSPS) is 17.0. The Morgan fingerprint density at radius 2 is 1.74 bits per heavy atom. The van der Waals surface area contributed by atoms with E-state index in [0.29, 0.717) is 31.6 Å². The number of rotatable bonds is 14. The van der Waals surface area contributed by atoms with Crippen molar-refractivity contribution in [1.29, 1.82) is 0 Å². The number of halogens is 1. The van der Waals surface area contributed by atoms with Crippen molar-refractivity contribution in [1.82, 2.24) is 4.90 Å². The second-order valence-corrected chi connectivity index (χ2v) is 10.2. The number of aromatic carboxylic acids is 1. The fourth-order valence-corrected chi connectivity index (χ4v) is 5.56. The molecule has 1 saturated heterocycles. The molecule has 3 unspecified atom stereocenters. The number of hydrogen-bond donors (Lipinski definition) is 1. The van der Waals surface area contributed by atoms with E-state index in [1.807, 2.05) is 6.92 Å². The number of β-lactam (4-membered cyclic amide) rings is 1. The number of unbranched alkanes of at least 4 members (excludes halogenated alkanes) is 2. The van der Waals surface area contributed by atoms with Crippen LogP contribution >= 0.6 is 0 Å². The number of Topliss-reactive ketones (excluding diaryl/α,β-unsaturated/α-hetero) is 1. The first-order valence-corrected chi connectivity index (χ1v) is 13.0. The molecule has 35 heavy (non-hydrogen) atoms. The van der Waals surface area contributed by atoms with Gasteiger partial charge in [0.25, 0.3) is 0 Å². The van der Waals surface area contributed by atoms with Gasteiger partial charge in [-0.05, 0) is 61.7 Å². The van der Waals surface area contributed by atoms with E-state index in [9.17, 15) is 23.0 Å². The molecule has 0 radical (unpaired) electrons. The summed E-state index contributed by atoms with van der Waals surface area (Å²) in [6.07, 6.45) is 2.94. The van der Waals surface area contributed by atoms with Crippen molar-refractivity contribution in [3.05, 3.63) is 71.0 Å². The number of nitrogens with zero attached hydrogens (tertiary/aromatic N) is 1. The van der Waals surface area contributed by atoms with Gasteiger partial charge in [-0.1, -0.05) is 18.6 Å². The average molecular weight is 504 g/mol. The summed E-state index contributed by atoms with van der Waals surface area (Å²) in [4.78, 5) is 36.8. The molecule has 1 aliphatic heterocycles. The third-order valence-electron chi connectivity index (χ3n) is 5.95. The highest BCUT2D eigenvalue weighted by atomic mass is 32.2. The van der Waals surface area contributed by atoms with Crippen LogP contribution in [0.4, 0.5) is 4.39 Å². The smallest absolute Gasteiger partial charge is 0.335 e. The highest BCUT2D eigenvalue weighted by Gasteiger charge is 2.42. The Balaban J connectivity index is 1.33. The third-order valence-corrected chi connectivity index (χ3v) is 7.57. The zero-order valence-electron chi connectivity index (χ0n) is 19.7. The Hall–Kier alpha value is -2.91. The van der Waals surface area contributed by atoms with Crippen LogP contribution in [0.5, 0.6) is 0 Å². The van der Waals surface area contributed by atoms with Crippen LogP contribution in [0.15, 0.2) is 48.5 Å². The number of likely N-dealkylation sites (tertiary alicyclic amines) is 1. The summed E-state index contributed by atoms with van der Waals surface area (Å²) >= 11 is 0. The largest absolute Gasteiger partial charge is 0.478 e. The van der Waals surface area contributed by atoms with Gasteiger partial charge < -0.3 is 14.7 Å². The summed E-state index contributed by atoms with van der Waals surface area (Å²) < 4.78 is 31.5. The second-order valence-electron chi connectivity index (χ2n) is 8.65. The Labute approximate surface area is 206 Å². The molecule has 0 spiro atoms. The molecule has 1 amide bonds. The number of carboxylic acids is 1. The number of carbonyl (C=O) groups is 3. The van der Waals surface area contributed by atoms with E-state index in [1.165, 1.54) is 36.4 Å². The highest BCUT2D eigenvalue weighted by Crippen LogP contribution is 2.27. The summed E-state index contributed by atoms with van der Waals surface area (Å²) in [5.41, 5.74) is 1.44. The van der Waals surface area contributed by atoms with Crippen LogP contribution in [0.25, 0.3) is 0 Å². The molecular formula is C26H30FNO6S. The number of carboxylic acid groups (broad SMARTS) is 1. The molecule has 2 aromatic rings. The maximum atomic E-state index is 12.9. The number of hydrogen-bond acceptors (Lipinski definition) is 5. The van der Waals surface area contributed by atoms with E-state index in [1.54, 1.807) is 17.0 Å². The lowest BCUT2D eigenvalue weighted by molar-refractivity contribution is -0.146. The molecule has 1 fully saturated rings. The monoisotopic (exact) mass is 503 g/mol. The van der Waals surface area contributed by atoms with Crippen LogP contribution in [0.3, 0.4) is 0 Å². The number of amides is 1. The summed E-state index contributed by atoms with van der Waals surface area (Å²) in [5.74, 6) is -1.19. The first-order chi connectivity index (χ1) is 16.8. The lowest BCUT2D eigenvalue weighted by atomic mass is 10.0. The van der Waals surface area contributed by atoms with Gasteiger partial charge in [-0.15, -0.1) is 0 Å². The SMILES string of the molecule is CC(COCCCCCC(=O)c1ccc(F)cc1)N1C(=O)CC1S(=O)Cc1ccc(C(=O)O)cc1.